The quantitative estimate of drug-likeness (QED) is 0.934. The number of hydrogen-bond acceptors (Lipinski definition) is 4. The van der Waals surface area contributed by atoms with E-state index in [1.807, 2.05) is 26.0 Å². The Kier molecular flexibility index (Phi) is 4.48. The van der Waals surface area contributed by atoms with Gasteiger partial charge in [0.05, 0.1) is 10.7 Å². The van der Waals surface area contributed by atoms with Gasteiger partial charge in [0.2, 0.25) is 0 Å². The number of benzene rings is 1. The van der Waals surface area contributed by atoms with E-state index in [-0.39, 0.29) is 5.91 Å². The number of carbonyl (C=O) groups excluding carboxylic acids is 1. The highest BCUT2D eigenvalue weighted by molar-refractivity contribution is 6.34. The van der Waals surface area contributed by atoms with Gasteiger partial charge in [-0.25, -0.2) is 9.97 Å². The van der Waals surface area contributed by atoms with Crippen molar-refractivity contribution in [1.82, 2.24) is 9.97 Å². The van der Waals surface area contributed by atoms with E-state index in [2.05, 4.69) is 20.2 Å². The summed E-state index contributed by atoms with van der Waals surface area (Å²) in [6.45, 7) is 5.84. The van der Waals surface area contributed by atoms with Crippen LogP contribution in [0.2, 0.25) is 5.02 Å². The minimum absolute atomic E-state index is 0.276. The Morgan fingerprint density at radius 1 is 1.17 bits per heavy atom. The second kappa shape index (κ2) is 6.54. The molecule has 0 unspecified atom stereocenters. The standard InChI is InChI=1S/C17H19ClN4O/c1-11-7-12(2)16(13(18)8-11)21-17(23)14-9-15(20-10-19-14)22-5-3-4-6-22/h7-10H,3-6H2,1-2H3,(H,21,23). The Morgan fingerprint density at radius 2 is 1.91 bits per heavy atom. The lowest BCUT2D eigenvalue weighted by atomic mass is 10.1. The number of aromatic nitrogens is 2. The first-order valence-electron chi connectivity index (χ1n) is 7.69. The lowest BCUT2D eigenvalue weighted by molar-refractivity contribution is 0.102. The number of aryl methyl sites for hydroxylation is 2. The molecule has 1 aliphatic heterocycles. The maximum atomic E-state index is 12.5. The van der Waals surface area contributed by atoms with Crippen LogP contribution in [-0.2, 0) is 0 Å². The van der Waals surface area contributed by atoms with Crippen LogP contribution in [0.25, 0.3) is 0 Å². The highest BCUT2D eigenvalue weighted by Gasteiger charge is 2.17. The number of amides is 1. The highest BCUT2D eigenvalue weighted by Crippen LogP contribution is 2.28. The van der Waals surface area contributed by atoms with E-state index in [9.17, 15) is 4.79 Å². The summed E-state index contributed by atoms with van der Waals surface area (Å²) < 4.78 is 0. The van der Waals surface area contributed by atoms with Gasteiger partial charge in [0.25, 0.3) is 5.91 Å². The summed E-state index contributed by atoms with van der Waals surface area (Å²) in [5.41, 5.74) is 2.96. The van der Waals surface area contributed by atoms with E-state index >= 15 is 0 Å². The smallest absolute Gasteiger partial charge is 0.274 e. The summed E-state index contributed by atoms with van der Waals surface area (Å²) in [4.78, 5) is 23.0. The van der Waals surface area contributed by atoms with Crippen LogP contribution < -0.4 is 10.2 Å². The molecule has 0 radical (unpaired) electrons. The zero-order chi connectivity index (χ0) is 16.4. The van der Waals surface area contributed by atoms with Crippen molar-refractivity contribution < 1.29 is 4.79 Å². The zero-order valence-electron chi connectivity index (χ0n) is 13.3. The topological polar surface area (TPSA) is 58.1 Å². The predicted octanol–water partition coefficient (Wildman–Crippen LogP) is 3.60. The van der Waals surface area contributed by atoms with Crippen molar-refractivity contribution in [2.45, 2.75) is 26.7 Å². The van der Waals surface area contributed by atoms with Crippen molar-refractivity contribution in [2.24, 2.45) is 0 Å². The van der Waals surface area contributed by atoms with Crippen molar-refractivity contribution in [3.05, 3.63) is 46.4 Å². The summed E-state index contributed by atoms with van der Waals surface area (Å²) >= 11 is 6.25. The number of hydrogen-bond donors (Lipinski definition) is 1. The molecule has 2 aromatic rings. The summed E-state index contributed by atoms with van der Waals surface area (Å²) in [6.07, 6.45) is 3.75. The van der Waals surface area contributed by atoms with Gasteiger partial charge in [-0.2, -0.15) is 0 Å². The Labute approximate surface area is 140 Å². The third kappa shape index (κ3) is 3.45. The van der Waals surface area contributed by atoms with Crippen LogP contribution in [0, 0.1) is 13.8 Å². The molecule has 1 fully saturated rings. The maximum absolute atomic E-state index is 12.5. The van der Waals surface area contributed by atoms with Gasteiger partial charge in [-0.3, -0.25) is 4.79 Å². The normalized spacial score (nSPS) is 14.1. The first-order chi connectivity index (χ1) is 11.0. The lowest BCUT2D eigenvalue weighted by Gasteiger charge is -2.16. The van der Waals surface area contributed by atoms with Crippen molar-refractivity contribution in [3.8, 4) is 0 Å². The molecule has 1 N–H and O–H groups in total. The number of carbonyl (C=O) groups is 1. The monoisotopic (exact) mass is 330 g/mol. The number of halogens is 1. The molecule has 1 aromatic carbocycles. The van der Waals surface area contributed by atoms with Crippen LogP contribution in [0.3, 0.4) is 0 Å². The van der Waals surface area contributed by atoms with Gasteiger partial charge >= 0.3 is 0 Å². The van der Waals surface area contributed by atoms with E-state index in [4.69, 9.17) is 11.6 Å². The molecule has 1 aromatic heterocycles. The van der Waals surface area contributed by atoms with Crippen LogP contribution in [0.5, 0.6) is 0 Å². The van der Waals surface area contributed by atoms with Gasteiger partial charge < -0.3 is 10.2 Å². The fourth-order valence-electron chi connectivity index (χ4n) is 2.84. The highest BCUT2D eigenvalue weighted by atomic mass is 35.5. The molecule has 1 aliphatic rings. The fourth-order valence-corrected chi connectivity index (χ4v) is 3.21. The van der Waals surface area contributed by atoms with Gasteiger partial charge in [0.15, 0.2) is 0 Å². The van der Waals surface area contributed by atoms with Gasteiger partial charge in [-0.15, -0.1) is 0 Å². The first-order valence-corrected chi connectivity index (χ1v) is 8.07. The number of rotatable bonds is 3. The zero-order valence-corrected chi connectivity index (χ0v) is 14.0. The maximum Gasteiger partial charge on any atom is 0.274 e. The summed E-state index contributed by atoms with van der Waals surface area (Å²) in [7, 11) is 0. The molecule has 0 spiro atoms. The second-order valence-electron chi connectivity index (χ2n) is 5.85. The van der Waals surface area contributed by atoms with Gasteiger partial charge in [-0.1, -0.05) is 17.7 Å². The Bertz CT molecular complexity index is 718. The molecule has 120 valence electrons. The predicted molar refractivity (Wildman–Crippen MR) is 92.4 cm³/mol. The molecular weight excluding hydrogens is 312 g/mol. The van der Waals surface area contributed by atoms with Crippen molar-refractivity contribution in [3.63, 3.8) is 0 Å². The minimum Gasteiger partial charge on any atom is -0.357 e. The molecule has 6 heteroatoms. The molecule has 1 saturated heterocycles. The van der Waals surface area contributed by atoms with Crippen LogP contribution in [0.15, 0.2) is 24.5 Å². The third-order valence-corrected chi connectivity index (χ3v) is 4.28. The van der Waals surface area contributed by atoms with Crippen LogP contribution in [0.4, 0.5) is 11.5 Å². The molecule has 0 bridgehead atoms. The van der Waals surface area contributed by atoms with E-state index in [0.717, 1.165) is 42.9 Å². The minimum atomic E-state index is -0.276. The molecule has 23 heavy (non-hydrogen) atoms. The number of anilines is 2. The third-order valence-electron chi connectivity index (χ3n) is 3.99. The molecule has 1 amide bonds. The van der Waals surface area contributed by atoms with Gasteiger partial charge in [0.1, 0.15) is 17.8 Å². The summed E-state index contributed by atoms with van der Waals surface area (Å²) in [6, 6.07) is 5.55. The molecule has 0 atom stereocenters. The van der Waals surface area contributed by atoms with Gasteiger partial charge in [-0.05, 0) is 43.9 Å². The molecular formula is C17H19ClN4O. The van der Waals surface area contributed by atoms with Crippen LogP contribution in [-0.4, -0.2) is 29.0 Å². The average Bonchev–Trinajstić information content (AvgIpc) is 3.05. The van der Waals surface area contributed by atoms with Gasteiger partial charge in [0, 0.05) is 19.2 Å². The van der Waals surface area contributed by atoms with Crippen molar-refractivity contribution in [2.75, 3.05) is 23.3 Å². The van der Waals surface area contributed by atoms with Crippen molar-refractivity contribution >= 4 is 29.0 Å². The van der Waals surface area contributed by atoms with Crippen LogP contribution >= 0.6 is 11.6 Å². The second-order valence-corrected chi connectivity index (χ2v) is 6.26. The summed E-state index contributed by atoms with van der Waals surface area (Å²) in [5, 5.41) is 3.39. The fraction of sp³-hybridized carbons (Fsp3) is 0.353. The summed E-state index contributed by atoms with van der Waals surface area (Å²) in [5.74, 6) is 0.524. The Morgan fingerprint density at radius 3 is 2.61 bits per heavy atom. The Balaban J connectivity index is 1.82. The van der Waals surface area contributed by atoms with Crippen LogP contribution in [0.1, 0.15) is 34.5 Å². The first kappa shape index (κ1) is 15.7. The average molecular weight is 331 g/mol. The van der Waals surface area contributed by atoms with Crippen molar-refractivity contribution in [1.29, 1.82) is 0 Å². The van der Waals surface area contributed by atoms with E-state index in [1.165, 1.54) is 6.33 Å². The molecule has 0 aliphatic carbocycles. The number of nitrogens with one attached hydrogen (secondary N) is 1. The lowest BCUT2D eigenvalue weighted by Crippen LogP contribution is -2.21. The largest absolute Gasteiger partial charge is 0.357 e. The molecule has 2 heterocycles. The molecule has 0 saturated carbocycles. The number of nitrogens with zero attached hydrogens (tertiary/aromatic N) is 3. The molecule has 5 nitrogen and oxygen atoms in total. The molecule has 3 rings (SSSR count). The Hall–Kier alpha value is -2.14. The SMILES string of the molecule is Cc1cc(C)c(NC(=O)c2cc(N3CCCC3)ncn2)c(Cl)c1. The van der Waals surface area contributed by atoms with E-state index in [1.54, 1.807) is 6.07 Å². The van der Waals surface area contributed by atoms with E-state index in [0.29, 0.717) is 16.4 Å². The van der Waals surface area contributed by atoms with E-state index < -0.39 is 0 Å².